The highest BCUT2D eigenvalue weighted by Crippen LogP contribution is 2.43. The maximum Gasteiger partial charge on any atom is 0.203 e. The SMILES string of the molecule is COc1cc(-c2nnc(SCc3nnsc3Cl)n2C2CCCCC2)cc(OC)c1OC. The molecule has 1 aliphatic carbocycles. The zero-order valence-corrected chi connectivity index (χ0v) is 20.0. The molecule has 0 bridgehead atoms. The minimum absolute atomic E-state index is 0.337. The lowest BCUT2D eigenvalue weighted by molar-refractivity contribution is 0.324. The van der Waals surface area contributed by atoms with Crippen LogP contribution in [0.25, 0.3) is 11.4 Å². The lowest BCUT2D eigenvalue weighted by atomic mass is 9.95. The van der Waals surface area contributed by atoms with E-state index in [1.807, 2.05) is 12.1 Å². The molecule has 0 saturated heterocycles. The van der Waals surface area contributed by atoms with E-state index < -0.39 is 0 Å². The predicted octanol–water partition coefficient (Wildman–Crippen LogP) is 5.27. The molecule has 0 radical (unpaired) electrons. The predicted molar refractivity (Wildman–Crippen MR) is 122 cm³/mol. The number of methoxy groups -OCH3 is 3. The Labute approximate surface area is 194 Å². The van der Waals surface area contributed by atoms with Crippen LogP contribution in [-0.4, -0.2) is 45.7 Å². The molecular formula is C20H24ClN5O3S2. The van der Waals surface area contributed by atoms with E-state index in [0.717, 1.165) is 35.1 Å². The zero-order valence-electron chi connectivity index (χ0n) is 17.6. The van der Waals surface area contributed by atoms with Crippen LogP contribution >= 0.6 is 34.9 Å². The van der Waals surface area contributed by atoms with Gasteiger partial charge >= 0.3 is 0 Å². The van der Waals surface area contributed by atoms with E-state index in [0.29, 0.717) is 33.4 Å². The van der Waals surface area contributed by atoms with Gasteiger partial charge in [0.2, 0.25) is 5.75 Å². The summed E-state index contributed by atoms with van der Waals surface area (Å²) in [6.45, 7) is 0. The van der Waals surface area contributed by atoms with Crippen LogP contribution in [0.4, 0.5) is 0 Å². The van der Waals surface area contributed by atoms with Gasteiger partial charge in [0.25, 0.3) is 0 Å². The molecule has 31 heavy (non-hydrogen) atoms. The molecule has 0 N–H and O–H groups in total. The average molecular weight is 482 g/mol. The molecule has 4 rings (SSSR count). The Kier molecular flexibility index (Phi) is 7.19. The van der Waals surface area contributed by atoms with Gasteiger partial charge in [-0.05, 0) is 25.0 Å². The van der Waals surface area contributed by atoms with Gasteiger partial charge in [0, 0.05) is 28.9 Å². The molecule has 2 aromatic heterocycles. The van der Waals surface area contributed by atoms with Crippen LogP contribution in [0.1, 0.15) is 43.8 Å². The number of nitrogens with zero attached hydrogens (tertiary/aromatic N) is 5. The zero-order chi connectivity index (χ0) is 21.8. The Morgan fingerprint density at radius 3 is 2.32 bits per heavy atom. The van der Waals surface area contributed by atoms with Crippen LogP contribution in [0.3, 0.4) is 0 Å². The van der Waals surface area contributed by atoms with E-state index in [9.17, 15) is 0 Å². The topological polar surface area (TPSA) is 84.2 Å². The van der Waals surface area contributed by atoms with Crippen LogP contribution < -0.4 is 14.2 Å². The number of halogens is 1. The first-order chi connectivity index (χ1) is 15.2. The second kappa shape index (κ2) is 10.1. The van der Waals surface area contributed by atoms with Crippen LogP contribution in [0.2, 0.25) is 4.34 Å². The molecule has 8 nitrogen and oxygen atoms in total. The second-order valence-corrected chi connectivity index (χ2v) is 9.46. The molecule has 0 aliphatic heterocycles. The molecule has 1 saturated carbocycles. The lowest BCUT2D eigenvalue weighted by Gasteiger charge is -2.26. The maximum atomic E-state index is 6.19. The van der Waals surface area contributed by atoms with Crippen LogP contribution in [0.15, 0.2) is 17.3 Å². The number of ether oxygens (including phenoxy) is 3. The van der Waals surface area contributed by atoms with E-state index in [1.54, 1.807) is 33.1 Å². The monoisotopic (exact) mass is 481 g/mol. The van der Waals surface area contributed by atoms with Gasteiger partial charge < -0.3 is 14.2 Å². The smallest absolute Gasteiger partial charge is 0.203 e. The van der Waals surface area contributed by atoms with Gasteiger partial charge in [-0.1, -0.05) is 47.1 Å². The Bertz CT molecular complexity index is 1010. The fraction of sp³-hybridized carbons (Fsp3) is 0.500. The van der Waals surface area contributed by atoms with Crippen molar-refractivity contribution in [2.24, 2.45) is 0 Å². The molecular weight excluding hydrogens is 458 g/mol. The Morgan fingerprint density at radius 2 is 1.74 bits per heavy atom. The molecule has 11 heteroatoms. The highest BCUT2D eigenvalue weighted by Gasteiger charge is 2.26. The van der Waals surface area contributed by atoms with Crippen molar-refractivity contribution in [1.82, 2.24) is 24.4 Å². The Hall–Kier alpha value is -2.04. The molecule has 1 fully saturated rings. The van der Waals surface area contributed by atoms with E-state index in [2.05, 4.69) is 24.4 Å². The largest absolute Gasteiger partial charge is 0.493 e. The summed E-state index contributed by atoms with van der Waals surface area (Å²) in [5, 5.41) is 14.1. The van der Waals surface area contributed by atoms with Gasteiger partial charge in [-0.15, -0.1) is 15.3 Å². The highest BCUT2D eigenvalue weighted by atomic mass is 35.5. The van der Waals surface area contributed by atoms with E-state index in [4.69, 9.17) is 25.8 Å². The summed E-state index contributed by atoms with van der Waals surface area (Å²) in [6.07, 6.45) is 5.86. The van der Waals surface area contributed by atoms with Gasteiger partial charge in [0.1, 0.15) is 10.0 Å². The average Bonchev–Trinajstić information content (AvgIpc) is 3.42. The van der Waals surface area contributed by atoms with Crippen LogP contribution in [0.5, 0.6) is 17.2 Å². The third-order valence-electron chi connectivity index (χ3n) is 5.37. The third-order valence-corrected chi connectivity index (χ3v) is 7.31. The van der Waals surface area contributed by atoms with Crippen molar-refractivity contribution >= 4 is 34.9 Å². The number of aromatic nitrogens is 5. The molecule has 0 spiro atoms. The number of thioether (sulfide) groups is 1. The Balaban J connectivity index is 1.75. The van der Waals surface area contributed by atoms with Gasteiger partial charge in [-0.2, -0.15) is 0 Å². The first-order valence-corrected chi connectivity index (χ1v) is 12.1. The number of hydrogen-bond donors (Lipinski definition) is 0. The number of rotatable bonds is 8. The quantitative estimate of drug-likeness (QED) is 0.402. The molecule has 166 valence electrons. The summed E-state index contributed by atoms with van der Waals surface area (Å²) in [7, 11) is 4.82. The van der Waals surface area contributed by atoms with Gasteiger partial charge in [0.15, 0.2) is 22.5 Å². The van der Waals surface area contributed by atoms with Gasteiger partial charge in [-0.25, -0.2) is 0 Å². The molecule has 0 atom stereocenters. The fourth-order valence-electron chi connectivity index (χ4n) is 3.87. The van der Waals surface area contributed by atoms with Gasteiger partial charge in [-0.3, -0.25) is 4.57 Å². The molecule has 1 aliphatic rings. The molecule has 0 amide bonds. The maximum absolute atomic E-state index is 6.19. The van der Waals surface area contributed by atoms with Crippen molar-refractivity contribution in [3.05, 3.63) is 22.2 Å². The molecule has 0 unspecified atom stereocenters. The van der Waals surface area contributed by atoms with E-state index >= 15 is 0 Å². The fourth-order valence-corrected chi connectivity index (χ4v) is 5.61. The summed E-state index contributed by atoms with van der Waals surface area (Å²) in [5.74, 6) is 3.11. The Morgan fingerprint density at radius 1 is 1.03 bits per heavy atom. The van der Waals surface area contributed by atoms with Crippen molar-refractivity contribution in [2.75, 3.05) is 21.3 Å². The van der Waals surface area contributed by atoms with Crippen molar-refractivity contribution < 1.29 is 14.2 Å². The lowest BCUT2D eigenvalue weighted by Crippen LogP contribution is -2.15. The van der Waals surface area contributed by atoms with Crippen LogP contribution in [0, 0.1) is 0 Å². The number of hydrogen-bond acceptors (Lipinski definition) is 9. The first-order valence-electron chi connectivity index (χ1n) is 10.0. The second-order valence-electron chi connectivity index (χ2n) is 7.16. The normalized spacial score (nSPS) is 14.6. The van der Waals surface area contributed by atoms with E-state index in [1.165, 1.54) is 30.8 Å². The summed E-state index contributed by atoms with van der Waals surface area (Å²) in [4.78, 5) is 0. The van der Waals surface area contributed by atoms with Crippen molar-refractivity contribution in [3.8, 4) is 28.6 Å². The van der Waals surface area contributed by atoms with Crippen molar-refractivity contribution in [2.45, 2.75) is 49.1 Å². The number of benzene rings is 1. The summed E-state index contributed by atoms with van der Waals surface area (Å²) in [5.41, 5.74) is 1.64. The third kappa shape index (κ3) is 4.61. The van der Waals surface area contributed by atoms with Gasteiger partial charge in [0.05, 0.1) is 21.3 Å². The molecule has 3 aromatic rings. The minimum Gasteiger partial charge on any atom is -0.493 e. The van der Waals surface area contributed by atoms with Crippen molar-refractivity contribution in [3.63, 3.8) is 0 Å². The molecule has 2 heterocycles. The standard InChI is InChI=1S/C20H24ClN5O3S2/c1-27-15-9-12(10-16(28-2)17(15)29-3)19-23-24-20(26(19)13-7-5-4-6-8-13)30-11-14-18(21)31-25-22-14/h9-10,13H,4-8,11H2,1-3H3. The minimum atomic E-state index is 0.337. The summed E-state index contributed by atoms with van der Waals surface area (Å²) >= 11 is 8.96. The van der Waals surface area contributed by atoms with Crippen LogP contribution in [-0.2, 0) is 5.75 Å². The first kappa shape index (κ1) is 22.2. The highest BCUT2D eigenvalue weighted by molar-refractivity contribution is 7.98. The summed E-state index contributed by atoms with van der Waals surface area (Å²) in [6, 6.07) is 4.17. The van der Waals surface area contributed by atoms with Crippen molar-refractivity contribution in [1.29, 1.82) is 0 Å². The summed E-state index contributed by atoms with van der Waals surface area (Å²) < 4.78 is 23.3. The van der Waals surface area contributed by atoms with E-state index in [-0.39, 0.29) is 0 Å². The molecule has 1 aromatic carbocycles.